The molecule has 9 heteroatoms. The first-order chi connectivity index (χ1) is 23.6. The van der Waals surface area contributed by atoms with Crippen molar-refractivity contribution < 1.29 is 37.8 Å². The van der Waals surface area contributed by atoms with Crippen molar-refractivity contribution in [2.24, 2.45) is 62.6 Å². The van der Waals surface area contributed by atoms with E-state index in [2.05, 4.69) is 46.9 Å². The molecule has 3 unspecified atom stereocenters. The number of alkyl halides is 2. The molecule has 5 saturated carbocycles. The van der Waals surface area contributed by atoms with E-state index >= 15 is 0 Å². The number of nitrogens with one attached hydrogen (secondary N) is 1. The van der Waals surface area contributed by atoms with Crippen LogP contribution < -0.4 is 5.32 Å². The van der Waals surface area contributed by atoms with E-state index in [0.29, 0.717) is 30.8 Å². The lowest BCUT2D eigenvalue weighted by Crippen LogP contribution is -2.62. The van der Waals surface area contributed by atoms with Gasteiger partial charge in [0.2, 0.25) is 11.8 Å². The van der Waals surface area contributed by atoms with Gasteiger partial charge in [-0.3, -0.25) is 19.2 Å². The van der Waals surface area contributed by atoms with E-state index in [1.54, 1.807) is 13.8 Å². The van der Waals surface area contributed by atoms with E-state index in [1.165, 1.54) is 0 Å². The zero-order valence-corrected chi connectivity index (χ0v) is 32.4. The fourth-order valence-corrected chi connectivity index (χ4v) is 13.1. The minimum Gasteiger partial charge on any atom is -0.481 e. The van der Waals surface area contributed by atoms with Crippen molar-refractivity contribution in [2.45, 2.75) is 157 Å². The summed E-state index contributed by atoms with van der Waals surface area (Å²) in [6.07, 6.45) is 7.87. The fourth-order valence-electron chi connectivity index (χ4n) is 13.1. The van der Waals surface area contributed by atoms with E-state index in [0.717, 1.165) is 56.1 Å². The van der Waals surface area contributed by atoms with Crippen molar-refractivity contribution in [3.8, 4) is 0 Å². The maximum Gasteiger partial charge on any atom is 0.309 e. The summed E-state index contributed by atoms with van der Waals surface area (Å²) in [5, 5.41) is 12.7. The average molecular weight is 716 g/mol. The Kier molecular flexibility index (Phi) is 9.73. The van der Waals surface area contributed by atoms with Crippen LogP contribution in [-0.2, 0) is 23.9 Å². The molecule has 8 atom stereocenters. The highest BCUT2D eigenvalue weighted by Crippen LogP contribution is 2.73. The summed E-state index contributed by atoms with van der Waals surface area (Å²) in [4.78, 5) is 52.5. The lowest BCUT2D eigenvalue weighted by molar-refractivity contribution is -0.198. The number of hydrogen-bond acceptors (Lipinski definition) is 5. The Hall–Kier alpha value is -2.32. The van der Waals surface area contributed by atoms with Crippen molar-refractivity contribution in [1.29, 1.82) is 0 Å². The Balaban J connectivity index is 1.22. The van der Waals surface area contributed by atoms with E-state index in [4.69, 9.17) is 4.74 Å². The zero-order chi connectivity index (χ0) is 37.5. The molecule has 286 valence electrons. The highest BCUT2D eigenvalue weighted by molar-refractivity contribution is 6.07. The summed E-state index contributed by atoms with van der Waals surface area (Å²) < 4.78 is 33.7. The Morgan fingerprint density at radius 3 is 2.16 bits per heavy atom. The summed E-state index contributed by atoms with van der Waals surface area (Å²) >= 11 is 0. The van der Waals surface area contributed by atoms with Gasteiger partial charge < -0.3 is 15.2 Å². The number of amides is 1. The minimum atomic E-state index is -2.66. The molecule has 1 amide bonds. The highest BCUT2D eigenvalue weighted by atomic mass is 19.3. The Labute approximate surface area is 303 Å². The Morgan fingerprint density at radius 1 is 0.882 bits per heavy atom. The molecule has 0 saturated heterocycles. The van der Waals surface area contributed by atoms with Crippen LogP contribution in [-0.4, -0.2) is 47.3 Å². The van der Waals surface area contributed by atoms with Crippen LogP contribution >= 0.6 is 0 Å². The second-order valence-electron chi connectivity index (χ2n) is 19.9. The molecule has 7 nitrogen and oxygen atoms in total. The van der Waals surface area contributed by atoms with Crippen LogP contribution in [0.1, 0.15) is 145 Å². The molecular formula is C42H63F2NO6. The van der Waals surface area contributed by atoms with Gasteiger partial charge in [-0.25, -0.2) is 8.78 Å². The molecule has 0 heterocycles. The predicted octanol–water partition coefficient (Wildman–Crippen LogP) is 8.93. The molecule has 51 heavy (non-hydrogen) atoms. The summed E-state index contributed by atoms with van der Waals surface area (Å²) in [6, 6.07) is -0.272. The summed E-state index contributed by atoms with van der Waals surface area (Å²) in [7, 11) is 0. The molecule has 5 fully saturated rings. The fraction of sp³-hybridized carbons (Fsp3) is 0.857. The van der Waals surface area contributed by atoms with Gasteiger partial charge in [-0.05, 0) is 141 Å². The van der Waals surface area contributed by atoms with Gasteiger partial charge in [0.25, 0.3) is 0 Å². The third kappa shape index (κ3) is 6.30. The SMILES string of the molecule is CC(C)C1=C2[C@H]3CCC4[C@@](C)(CCC5C(C)(C)[C@@H](COC(=O)CC(C)(C)C(=O)O)CC[C@@]54C)C3CC[C@@]2(C(=O)NC2CCC(F)(F)CC2)CC1=O. The third-order valence-corrected chi connectivity index (χ3v) is 15.9. The van der Waals surface area contributed by atoms with Crippen LogP contribution in [0.2, 0.25) is 0 Å². The van der Waals surface area contributed by atoms with Gasteiger partial charge in [0.15, 0.2) is 5.78 Å². The second-order valence-corrected chi connectivity index (χ2v) is 19.9. The van der Waals surface area contributed by atoms with Crippen molar-refractivity contribution in [1.82, 2.24) is 5.32 Å². The normalized spacial score (nSPS) is 39.0. The van der Waals surface area contributed by atoms with Crippen LogP contribution in [0.15, 0.2) is 11.1 Å². The second kappa shape index (κ2) is 12.9. The lowest BCUT2D eigenvalue weighted by Gasteiger charge is -2.69. The first-order valence-electron chi connectivity index (χ1n) is 19.9. The van der Waals surface area contributed by atoms with Crippen LogP contribution in [0, 0.1) is 62.6 Å². The molecule has 2 N–H and O–H groups in total. The molecule has 0 radical (unpaired) electrons. The molecule has 0 aromatic carbocycles. The van der Waals surface area contributed by atoms with Crippen LogP contribution in [0.4, 0.5) is 8.78 Å². The lowest BCUT2D eigenvalue weighted by atomic mass is 9.36. The number of esters is 1. The molecular weight excluding hydrogens is 652 g/mol. The smallest absolute Gasteiger partial charge is 0.309 e. The van der Waals surface area contributed by atoms with Crippen LogP contribution in [0.5, 0.6) is 0 Å². The van der Waals surface area contributed by atoms with E-state index in [-0.39, 0.29) is 90.3 Å². The largest absolute Gasteiger partial charge is 0.481 e. The number of aliphatic carboxylic acids is 1. The molecule has 0 spiro atoms. The van der Waals surface area contributed by atoms with Gasteiger partial charge >= 0.3 is 11.9 Å². The maximum atomic E-state index is 14.4. The highest BCUT2D eigenvalue weighted by Gasteiger charge is 2.67. The van der Waals surface area contributed by atoms with Gasteiger partial charge in [0, 0.05) is 25.3 Å². The quantitative estimate of drug-likeness (QED) is 0.243. The van der Waals surface area contributed by atoms with E-state index in [1.807, 2.05) is 0 Å². The topological polar surface area (TPSA) is 110 Å². The number of carboxylic acids is 1. The summed E-state index contributed by atoms with van der Waals surface area (Å²) in [5.74, 6) is -2.43. The number of ketones is 1. The monoisotopic (exact) mass is 715 g/mol. The van der Waals surface area contributed by atoms with Crippen molar-refractivity contribution in [2.75, 3.05) is 6.61 Å². The third-order valence-electron chi connectivity index (χ3n) is 15.9. The first kappa shape index (κ1) is 38.4. The number of halogens is 2. The number of ether oxygens (including phenoxy) is 1. The number of carbonyl (C=O) groups is 4. The number of hydrogen-bond donors (Lipinski definition) is 2. The summed E-state index contributed by atoms with van der Waals surface area (Å²) in [6.45, 7) is 17.3. The molecule has 0 aromatic rings. The number of allylic oxidation sites excluding steroid dienone is 1. The van der Waals surface area contributed by atoms with Crippen LogP contribution in [0.3, 0.4) is 0 Å². The zero-order valence-electron chi connectivity index (χ0n) is 32.4. The van der Waals surface area contributed by atoms with E-state index < -0.39 is 28.7 Å². The van der Waals surface area contributed by atoms with Crippen molar-refractivity contribution in [3.63, 3.8) is 0 Å². The Bertz CT molecular complexity index is 1470. The van der Waals surface area contributed by atoms with Crippen LogP contribution in [0.25, 0.3) is 0 Å². The average Bonchev–Trinajstić information content (AvgIpc) is 3.34. The molecule has 0 aromatic heterocycles. The number of rotatable bonds is 8. The number of fused-ring (bicyclic) bond motifs is 7. The number of carboxylic acid groups (broad SMARTS) is 1. The number of Topliss-reactive ketones (excluding diaryl/α,β-unsaturated/α-hetero) is 1. The van der Waals surface area contributed by atoms with Gasteiger partial charge in [0.05, 0.1) is 23.9 Å². The number of carbonyl (C=O) groups excluding carboxylic acids is 3. The standard InChI is InChI=1S/C42H63F2NO6/c1-24(2)33-29(46)21-41(35(48)45-26-12-19-42(43,44)20-13-26)18-14-28-27(34(33)41)9-10-31-39(28,7)17-15-30-38(5,6)25(11-16-40(30,31)8)23-51-32(47)22-37(3,4)36(49)50/h24-28,30-31H,9-23H2,1-8H3,(H,45,48)(H,49,50)/t25-,27+,28?,30?,31?,39+,40+,41-/m1/s1. The van der Waals surface area contributed by atoms with Gasteiger partial charge in [-0.2, -0.15) is 0 Å². The van der Waals surface area contributed by atoms with Crippen molar-refractivity contribution in [3.05, 3.63) is 11.1 Å². The van der Waals surface area contributed by atoms with Gasteiger partial charge in [-0.1, -0.05) is 41.5 Å². The predicted molar refractivity (Wildman–Crippen MR) is 191 cm³/mol. The molecule has 6 aliphatic carbocycles. The molecule has 0 bridgehead atoms. The molecule has 0 aliphatic heterocycles. The maximum absolute atomic E-state index is 14.4. The van der Waals surface area contributed by atoms with Gasteiger partial charge in [0.1, 0.15) is 0 Å². The Morgan fingerprint density at radius 2 is 1.53 bits per heavy atom. The molecule has 6 aliphatic rings. The van der Waals surface area contributed by atoms with E-state index in [9.17, 15) is 33.1 Å². The summed E-state index contributed by atoms with van der Waals surface area (Å²) in [5.41, 5.74) is 0.0239. The van der Waals surface area contributed by atoms with Gasteiger partial charge in [-0.15, -0.1) is 0 Å². The van der Waals surface area contributed by atoms with Crippen molar-refractivity contribution >= 4 is 23.6 Å². The first-order valence-corrected chi connectivity index (χ1v) is 19.9. The minimum absolute atomic E-state index is 0.0217. The molecule has 6 rings (SSSR count).